The number of fused-ring (bicyclic) bond motifs is 1. The van der Waals surface area contributed by atoms with E-state index in [1.54, 1.807) is 12.1 Å². The number of carbonyl (C=O) groups is 1. The molecule has 0 saturated carbocycles. The molecule has 6 nitrogen and oxygen atoms in total. The van der Waals surface area contributed by atoms with Crippen molar-refractivity contribution in [1.29, 1.82) is 0 Å². The summed E-state index contributed by atoms with van der Waals surface area (Å²) in [6.07, 6.45) is 1.27. The normalized spacial score (nSPS) is 18.6. The Hall–Kier alpha value is -1.44. The molecule has 1 aliphatic carbocycles. The summed E-state index contributed by atoms with van der Waals surface area (Å²) in [4.78, 5) is 11.3. The molecule has 98 valence electrons. The van der Waals surface area contributed by atoms with Crippen LogP contribution in [0.1, 0.15) is 33.9 Å². The smallest absolute Gasteiger partial charge is 0.277 e. The summed E-state index contributed by atoms with van der Waals surface area (Å²) in [5, 5.41) is 0. The quantitative estimate of drug-likeness (QED) is 0.707. The van der Waals surface area contributed by atoms with Gasteiger partial charge in [0.1, 0.15) is 0 Å². The van der Waals surface area contributed by atoms with Gasteiger partial charge in [0.2, 0.25) is 5.91 Å². The molecule has 0 heterocycles. The van der Waals surface area contributed by atoms with Crippen LogP contribution in [0.25, 0.3) is 0 Å². The fourth-order valence-corrected chi connectivity index (χ4v) is 2.99. The number of rotatable bonds is 4. The molecule has 1 atom stereocenters. The van der Waals surface area contributed by atoms with Gasteiger partial charge in [0, 0.05) is 18.7 Å². The molecule has 18 heavy (non-hydrogen) atoms. The van der Waals surface area contributed by atoms with Gasteiger partial charge in [-0.2, -0.15) is 13.1 Å². The minimum Gasteiger partial charge on any atom is -0.366 e. The third-order valence-electron chi connectivity index (χ3n) is 3.10. The van der Waals surface area contributed by atoms with E-state index in [0.29, 0.717) is 18.4 Å². The second kappa shape index (κ2) is 4.68. The molecule has 1 aromatic rings. The molecule has 1 aliphatic rings. The van der Waals surface area contributed by atoms with Crippen molar-refractivity contribution in [2.45, 2.75) is 18.9 Å². The van der Waals surface area contributed by atoms with Gasteiger partial charge in [0.25, 0.3) is 10.2 Å². The summed E-state index contributed by atoms with van der Waals surface area (Å²) >= 11 is 0. The molecule has 0 bridgehead atoms. The van der Waals surface area contributed by atoms with Crippen molar-refractivity contribution in [2.24, 2.45) is 5.73 Å². The minimum atomic E-state index is -3.49. The molecule has 0 radical (unpaired) electrons. The second-order valence-corrected chi connectivity index (χ2v) is 5.81. The van der Waals surface area contributed by atoms with Crippen LogP contribution in [0.3, 0.4) is 0 Å². The molecular weight excluding hydrogens is 254 g/mol. The maximum atomic E-state index is 11.5. The number of primary amides is 1. The molecule has 7 heteroatoms. The summed E-state index contributed by atoms with van der Waals surface area (Å²) < 4.78 is 27.7. The topological polar surface area (TPSA) is 101 Å². The summed E-state index contributed by atoms with van der Waals surface area (Å²) in [6, 6.07) is 4.88. The second-order valence-electron chi connectivity index (χ2n) is 4.15. The Morgan fingerprint density at radius 1 is 1.44 bits per heavy atom. The molecule has 0 spiro atoms. The first kappa shape index (κ1) is 13.0. The number of hydrogen-bond acceptors (Lipinski definition) is 3. The van der Waals surface area contributed by atoms with E-state index < -0.39 is 16.1 Å². The predicted molar refractivity (Wildman–Crippen MR) is 67.1 cm³/mol. The van der Waals surface area contributed by atoms with Crippen LogP contribution in [0, 0.1) is 0 Å². The Morgan fingerprint density at radius 3 is 2.78 bits per heavy atom. The van der Waals surface area contributed by atoms with Crippen molar-refractivity contribution in [3.8, 4) is 0 Å². The zero-order valence-corrected chi connectivity index (χ0v) is 10.8. The average molecular weight is 269 g/mol. The van der Waals surface area contributed by atoms with Crippen LogP contribution in [0.5, 0.6) is 0 Å². The van der Waals surface area contributed by atoms with Crippen LogP contribution in [-0.4, -0.2) is 21.4 Å². The molecule has 0 fully saturated rings. The van der Waals surface area contributed by atoms with Gasteiger partial charge in [-0.3, -0.25) is 4.79 Å². The summed E-state index contributed by atoms with van der Waals surface area (Å²) in [6.45, 7) is 0. The summed E-state index contributed by atoms with van der Waals surface area (Å²) in [5.41, 5.74) is 7.43. The van der Waals surface area contributed by atoms with Crippen molar-refractivity contribution in [3.63, 3.8) is 0 Å². The first-order valence-electron chi connectivity index (χ1n) is 5.57. The highest BCUT2D eigenvalue weighted by molar-refractivity contribution is 7.87. The Morgan fingerprint density at radius 2 is 2.17 bits per heavy atom. The Bertz CT molecular complexity index is 583. The molecule has 4 N–H and O–H groups in total. The molecule has 0 aliphatic heterocycles. The number of nitrogens with two attached hydrogens (primary N) is 1. The summed E-state index contributed by atoms with van der Waals surface area (Å²) in [5.74, 6) is -0.482. The maximum Gasteiger partial charge on any atom is 0.277 e. The highest BCUT2D eigenvalue weighted by Crippen LogP contribution is 2.33. The zero-order valence-electron chi connectivity index (χ0n) is 9.93. The van der Waals surface area contributed by atoms with Gasteiger partial charge in [0.15, 0.2) is 0 Å². The van der Waals surface area contributed by atoms with Gasteiger partial charge >= 0.3 is 0 Å². The average Bonchev–Trinajstić information content (AvgIpc) is 2.72. The molecule has 1 aromatic carbocycles. The molecular formula is C11H15N3O3S. The fourth-order valence-electron chi connectivity index (χ4n) is 2.25. The SMILES string of the molecule is CNS(=O)(=O)NC1CCc2c(C(N)=O)cccc21. The van der Waals surface area contributed by atoms with E-state index in [-0.39, 0.29) is 6.04 Å². The van der Waals surface area contributed by atoms with Crippen LogP contribution >= 0.6 is 0 Å². The lowest BCUT2D eigenvalue weighted by atomic mass is 10.0. The first-order valence-corrected chi connectivity index (χ1v) is 7.05. The predicted octanol–water partition coefficient (Wildman–Crippen LogP) is -0.173. The van der Waals surface area contributed by atoms with E-state index in [9.17, 15) is 13.2 Å². The van der Waals surface area contributed by atoms with Gasteiger partial charge in [0.05, 0.1) is 0 Å². The number of nitrogens with one attached hydrogen (secondary N) is 2. The maximum absolute atomic E-state index is 11.5. The molecule has 0 saturated heterocycles. The highest BCUT2D eigenvalue weighted by Gasteiger charge is 2.28. The summed E-state index contributed by atoms with van der Waals surface area (Å²) in [7, 11) is -2.15. The third kappa shape index (κ3) is 2.38. The van der Waals surface area contributed by atoms with E-state index in [1.807, 2.05) is 6.07 Å². The van der Waals surface area contributed by atoms with E-state index in [0.717, 1.165) is 11.1 Å². The monoisotopic (exact) mass is 269 g/mol. The third-order valence-corrected chi connectivity index (χ3v) is 4.23. The largest absolute Gasteiger partial charge is 0.366 e. The molecule has 1 amide bonds. The Kier molecular flexibility index (Phi) is 3.38. The Labute approximate surface area is 106 Å². The van der Waals surface area contributed by atoms with Crippen LogP contribution in [0.2, 0.25) is 0 Å². The molecule has 1 unspecified atom stereocenters. The van der Waals surface area contributed by atoms with Crippen molar-refractivity contribution in [3.05, 3.63) is 34.9 Å². The van der Waals surface area contributed by atoms with Gasteiger partial charge in [-0.05, 0) is 30.0 Å². The van der Waals surface area contributed by atoms with E-state index >= 15 is 0 Å². The van der Waals surface area contributed by atoms with E-state index in [2.05, 4.69) is 9.44 Å². The van der Waals surface area contributed by atoms with Crippen molar-refractivity contribution in [1.82, 2.24) is 9.44 Å². The van der Waals surface area contributed by atoms with Crippen LogP contribution in [0.4, 0.5) is 0 Å². The number of carbonyl (C=O) groups excluding carboxylic acids is 1. The minimum absolute atomic E-state index is 0.309. The molecule has 2 rings (SSSR count). The standard InChI is InChI=1S/C11H15N3O3S/c1-13-18(16,17)14-10-6-5-7-8(10)3-2-4-9(7)11(12)15/h2-4,10,13-14H,5-6H2,1H3,(H2,12,15). The number of amides is 1. The molecule has 0 aromatic heterocycles. The fraction of sp³-hybridized carbons (Fsp3) is 0.364. The van der Waals surface area contributed by atoms with Crippen molar-refractivity contribution in [2.75, 3.05) is 7.05 Å². The van der Waals surface area contributed by atoms with Gasteiger partial charge in [-0.15, -0.1) is 0 Å². The van der Waals surface area contributed by atoms with E-state index in [4.69, 9.17) is 5.73 Å². The van der Waals surface area contributed by atoms with Gasteiger partial charge < -0.3 is 5.73 Å². The van der Waals surface area contributed by atoms with Crippen LogP contribution < -0.4 is 15.2 Å². The Balaban J connectivity index is 2.35. The number of hydrogen-bond donors (Lipinski definition) is 3. The van der Waals surface area contributed by atoms with Crippen molar-refractivity contribution < 1.29 is 13.2 Å². The lowest BCUT2D eigenvalue weighted by Gasteiger charge is -2.14. The van der Waals surface area contributed by atoms with Crippen molar-refractivity contribution >= 4 is 16.1 Å². The van der Waals surface area contributed by atoms with Gasteiger partial charge in [-0.1, -0.05) is 12.1 Å². The van der Waals surface area contributed by atoms with Gasteiger partial charge in [-0.25, -0.2) is 4.72 Å². The lowest BCUT2D eigenvalue weighted by molar-refractivity contribution is 0.0999. The van der Waals surface area contributed by atoms with E-state index in [1.165, 1.54) is 7.05 Å². The first-order chi connectivity index (χ1) is 8.44. The highest BCUT2D eigenvalue weighted by atomic mass is 32.2. The van der Waals surface area contributed by atoms with Crippen LogP contribution in [-0.2, 0) is 16.6 Å². The van der Waals surface area contributed by atoms with Crippen LogP contribution in [0.15, 0.2) is 18.2 Å². The number of benzene rings is 1. The lowest BCUT2D eigenvalue weighted by Crippen LogP contribution is -2.36. The zero-order chi connectivity index (χ0) is 13.3.